The van der Waals surface area contributed by atoms with Crippen LogP contribution in [0.25, 0.3) is 16.8 Å². The predicted octanol–water partition coefficient (Wildman–Crippen LogP) is 2.14. The Bertz CT molecular complexity index is 1270. The van der Waals surface area contributed by atoms with Crippen molar-refractivity contribution in [3.05, 3.63) is 54.2 Å². The van der Waals surface area contributed by atoms with Gasteiger partial charge >= 0.3 is 6.09 Å². The summed E-state index contributed by atoms with van der Waals surface area (Å²) in [5.41, 5.74) is 7.54. The molecule has 1 aliphatic rings. The summed E-state index contributed by atoms with van der Waals surface area (Å²) in [5.74, 6) is -1.27. The van der Waals surface area contributed by atoms with Crippen LogP contribution >= 0.6 is 0 Å². The van der Waals surface area contributed by atoms with E-state index in [0.717, 1.165) is 0 Å². The minimum Gasteiger partial charge on any atom is -0.442 e. The lowest BCUT2D eigenvalue weighted by Gasteiger charge is -2.14. The number of pyridine rings is 1. The minimum atomic E-state index is -0.595. The van der Waals surface area contributed by atoms with E-state index in [1.807, 2.05) is 0 Å². The summed E-state index contributed by atoms with van der Waals surface area (Å²) in [6.07, 6.45) is 3.77. The fraction of sp³-hybridized carbons (Fsp3) is 0.261. The van der Waals surface area contributed by atoms with Crippen LogP contribution in [-0.2, 0) is 14.3 Å². The first-order valence-corrected chi connectivity index (χ1v) is 10.1. The van der Waals surface area contributed by atoms with E-state index in [4.69, 9.17) is 10.5 Å². The molecule has 0 spiro atoms. The van der Waals surface area contributed by atoms with Crippen molar-refractivity contribution in [3.8, 4) is 11.1 Å². The second-order valence-electron chi connectivity index (χ2n) is 7.50. The molecule has 11 heteroatoms. The van der Waals surface area contributed by atoms with Crippen LogP contribution in [0.5, 0.6) is 0 Å². The number of carbonyl (C=O) groups excluding carboxylic acids is 3. The summed E-state index contributed by atoms with van der Waals surface area (Å²) < 4.78 is 21.9. The number of hydrogen-bond donors (Lipinski definition) is 2. The molecule has 0 unspecified atom stereocenters. The van der Waals surface area contributed by atoms with Gasteiger partial charge in [-0.3, -0.25) is 19.5 Å². The van der Waals surface area contributed by atoms with Gasteiger partial charge in [-0.25, -0.2) is 14.2 Å². The third-order valence-electron chi connectivity index (χ3n) is 4.97. The Kier molecular flexibility index (Phi) is 7.24. The molecule has 0 bridgehead atoms. The largest absolute Gasteiger partial charge is 0.442 e. The van der Waals surface area contributed by atoms with E-state index >= 15 is 0 Å². The quantitative estimate of drug-likeness (QED) is 0.513. The van der Waals surface area contributed by atoms with Gasteiger partial charge in [-0.15, -0.1) is 0 Å². The maximum Gasteiger partial charge on any atom is 0.414 e. The van der Waals surface area contributed by atoms with Gasteiger partial charge < -0.3 is 20.2 Å². The third kappa shape index (κ3) is 5.37. The minimum absolute atomic E-state index is 0. The molecule has 3 heterocycles. The summed E-state index contributed by atoms with van der Waals surface area (Å²) in [6, 6.07) is 7.97. The van der Waals surface area contributed by atoms with E-state index in [2.05, 4.69) is 15.3 Å². The van der Waals surface area contributed by atoms with Crippen molar-refractivity contribution in [2.75, 3.05) is 24.5 Å². The molecule has 4 rings (SSSR count). The SMILES string of the molecule is C.CC(=O)NC[C@H]1CN(c2ccc(-c3ccc4nc(C=NCC(N)=O)cn4c3)c(F)c2)C(=O)O1. The van der Waals surface area contributed by atoms with Crippen LogP contribution in [0.4, 0.5) is 14.9 Å². The van der Waals surface area contributed by atoms with Crippen LogP contribution in [0.3, 0.4) is 0 Å². The number of nitrogens with zero attached hydrogens (tertiary/aromatic N) is 4. The fourth-order valence-corrected chi connectivity index (χ4v) is 3.46. The number of benzene rings is 1. The standard InChI is InChI=1S/C22H21FN6O4.CH4/c1-13(30)26-8-17-12-29(22(32)33-17)16-3-4-18(19(23)6-16)14-2-5-21-27-15(11-28(21)10-14)7-25-9-20(24)31;/h2-7,10-11,17H,8-9,12H2,1H3,(H2,24,31)(H,26,30);1H4/t17-;/m0./s1. The maximum absolute atomic E-state index is 15.0. The molecule has 1 saturated heterocycles. The average Bonchev–Trinajstić information content (AvgIpc) is 3.34. The van der Waals surface area contributed by atoms with Crippen molar-refractivity contribution in [2.45, 2.75) is 20.5 Å². The number of imidazole rings is 1. The van der Waals surface area contributed by atoms with Gasteiger partial charge in [0.2, 0.25) is 11.8 Å². The Labute approximate surface area is 195 Å². The first-order chi connectivity index (χ1) is 15.8. The Hall–Kier alpha value is -4.28. The summed E-state index contributed by atoms with van der Waals surface area (Å²) in [7, 11) is 0. The molecular weight excluding hydrogens is 443 g/mol. The zero-order chi connectivity index (χ0) is 23.5. The predicted molar refractivity (Wildman–Crippen MR) is 125 cm³/mol. The van der Waals surface area contributed by atoms with Gasteiger partial charge in [0.25, 0.3) is 0 Å². The molecule has 178 valence electrons. The van der Waals surface area contributed by atoms with Gasteiger partial charge in [-0.05, 0) is 30.3 Å². The summed E-state index contributed by atoms with van der Waals surface area (Å²) >= 11 is 0. The van der Waals surface area contributed by atoms with Crippen LogP contribution < -0.4 is 16.0 Å². The number of aromatic nitrogens is 2. The molecule has 0 saturated carbocycles. The number of carbonyl (C=O) groups is 3. The number of nitrogens with one attached hydrogen (secondary N) is 1. The number of aliphatic imine (C=N–C) groups is 1. The van der Waals surface area contributed by atoms with Crippen LogP contribution in [0.1, 0.15) is 20.0 Å². The second-order valence-corrected chi connectivity index (χ2v) is 7.50. The van der Waals surface area contributed by atoms with Crippen molar-refractivity contribution in [3.63, 3.8) is 0 Å². The van der Waals surface area contributed by atoms with Gasteiger partial charge in [0.1, 0.15) is 24.1 Å². The molecule has 1 aromatic carbocycles. The van der Waals surface area contributed by atoms with E-state index in [-0.39, 0.29) is 33.0 Å². The Balaban J connectivity index is 0.00000324. The Morgan fingerprint density at radius 1 is 1.32 bits per heavy atom. The zero-order valence-electron chi connectivity index (χ0n) is 17.7. The molecular formula is C23H25FN6O4. The maximum atomic E-state index is 15.0. The highest BCUT2D eigenvalue weighted by Gasteiger charge is 2.32. The van der Waals surface area contributed by atoms with E-state index in [0.29, 0.717) is 28.2 Å². The van der Waals surface area contributed by atoms with Crippen LogP contribution in [-0.4, -0.2) is 59.2 Å². The van der Waals surface area contributed by atoms with Crippen LogP contribution in [0, 0.1) is 5.82 Å². The number of primary amides is 1. The molecule has 1 fully saturated rings. The van der Waals surface area contributed by atoms with Crippen LogP contribution in [0.15, 0.2) is 47.7 Å². The number of anilines is 1. The lowest BCUT2D eigenvalue weighted by Crippen LogP contribution is -2.33. The fourth-order valence-electron chi connectivity index (χ4n) is 3.46. The van der Waals surface area contributed by atoms with Crippen molar-refractivity contribution in [1.29, 1.82) is 0 Å². The number of nitrogens with two attached hydrogens (primary N) is 1. The van der Waals surface area contributed by atoms with Crippen molar-refractivity contribution in [1.82, 2.24) is 14.7 Å². The van der Waals surface area contributed by atoms with E-state index < -0.39 is 23.9 Å². The number of rotatable bonds is 7. The van der Waals surface area contributed by atoms with Gasteiger partial charge in [-0.1, -0.05) is 7.43 Å². The van der Waals surface area contributed by atoms with Gasteiger partial charge in [-0.2, -0.15) is 0 Å². The zero-order valence-corrected chi connectivity index (χ0v) is 17.7. The van der Waals surface area contributed by atoms with Crippen molar-refractivity contribution >= 4 is 35.5 Å². The number of fused-ring (bicyclic) bond motifs is 1. The van der Waals surface area contributed by atoms with Crippen LogP contribution in [0.2, 0.25) is 0 Å². The smallest absolute Gasteiger partial charge is 0.414 e. The van der Waals surface area contributed by atoms with Gasteiger partial charge in [0.05, 0.1) is 24.5 Å². The van der Waals surface area contributed by atoms with Crippen molar-refractivity contribution in [2.24, 2.45) is 10.7 Å². The third-order valence-corrected chi connectivity index (χ3v) is 4.97. The molecule has 10 nitrogen and oxygen atoms in total. The molecule has 3 N–H and O–H groups in total. The molecule has 34 heavy (non-hydrogen) atoms. The van der Waals surface area contributed by atoms with E-state index in [1.54, 1.807) is 41.1 Å². The van der Waals surface area contributed by atoms with E-state index in [1.165, 1.54) is 24.1 Å². The monoisotopic (exact) mass is 468 g/mol. The molecule has 0 radical (unpaired) electrons. The topological polar surface area (TPSA) is 131 Å². The highest BCUT2D eigenvalue weighted by Crippen LogP contribution is 2.29. The Morgan fingerprint density at radius 2 is 2.12 bits per heavy atom. The second kappa shape index (κ2) is 10.1. The molecule has 1 atom stereocenters. The highest BCUT2D eigenvalue weighted by atomic mass is 19.1. The Morgan fingerprint density at radius 3 is 2.82 bits per heavy atom. The first-order valence-electron chi connectivity index (χ1n) is 10.1. The lowest BCUT2D eigenvalue weighted by molar-refractivity contribution is -0.119. The normalized spacial score (nSPS) is 15.4. The van der Waals surface area contributed by atoms with Gasteiger partial charge in [0, 0.05) is 36.7 Å². The number of hydrogen-bond acceptors (Lipinski definition) is 6. The molecule has 1 aliphatic heterocycles. The number of amides is 3. The van der Waals surface area contributed by atoms with Crippen molar-refractivity contribution < 1.29 is 23.5 Å². The summed E-state index contributed by atoms with van der Waals surface area (Å²) in [6.45, 7) is 1.65. The molecule has 3 aromatic rings. The summed E-state index contributed by atoms with van der Waals surface area (Å²) in [5, 5.41) is 2.60. The average molecular weight is 468 g/mol. The number of cyclic esters (lactones) is 1. The molecule has 3 amide bonds. The van der Waals surface area contributed by atoms with E-state index in [9.17, 15) is 18.8 Å². The lowest BCUT2D eigenvalue weighted by atomic mass is 10.1. The van der Waals surface area contributed by atoms with Gasteiger partial charge in [0.15, 0.2) is 0 Å². The molecule has 0 aliphatic carbocycles. The number of halogens is 1. The number of ether oxygens (including phenoxy) is 1. The summed E-state index contributed by atoms with van der Waals surface area (Å²) in [4.78, 5) is 43.6. The molecule has 2 aromatic heterocycles. The highest BCUT2D eigenvalue weighted by molar-refractivity contribution is 5.90. The first kappa shape index (κ1) is 24.4.